The minimum Gasteiger partial charge on any atom is -0.0808 e. The Morgan fingerprint density at radius 2 is 0.818 bits per heavy atom. The van der Waals surface area contributed by atoms with Crippen LogP contribution in [0.5, 0.6) is 0 Å². The fourth-order valence-corrected chi connectivity index (χ4v) is 0.786. The molecule has 0 atom stereocenters. The predicted molar refractivity (Wildman–Crippen MR) is 45.8 cm³/mol. The van der Waals surface area contributed by atoms with Crippen LogP contribution in [-0.4, -0.2) is 0 Å². The molecule has 0 spiro atoms. The van der Waals surface area contributed by atoms with E-state index >= 15 is 0 Å². The van der Waals surface area contributed by atoms with Gasteiger partial charge in [-0.25, -0.2) is 0 Å². The summed E-state index contributed by atoms with van der Waals surface area (Å²) >= 11 is 0. The Hall–Kier alpha value is -0.508. The number of hydrogen-bond acceptors (Lipinski definition) is 0. The molecule has 0 fully saturated rings. The fourth-order valence-electron chi connectivity index (χ4n) is 0.786. The summed E-state index contributed by atoms with van der Waals surface area (Å²) in [6.07, 6.45) is 19.0. The van der Waals surface area contributed by atoms with E-state index in [0.717, 1.165) is 12.8 Å². The molecule has 0 saturated heterocycles. The molecule has 0 nitrogen and oxygen atoms in total. The van der Waals surface area contributed by atoms with Crippen LogP contribution < -0.4 is 0 Å². The van der Waals surface area contributed by atoms with Crippen molar-refractivity contribution in [2.45, 2.75) is 12.8 Å². The second kappa shape index (κ2) is 7.60. The fraction of sp³-hybridized carbons (Fsp3) is 0.200. The number of hydrogen-bond donors (Lipinski definition) is 0. The first-order chi connectivity index (χ1) is 5.00. The summed E-state index contributed by atoms with van der Waals surface area (Å²) in [6, 6.07) is 0. The van der Waals surface area contributed by atoms with Crippen LogP contribution in [0.3, 0.4) is 0 Å². The van der Waals surface area contributed by atoms with E-state index in [1.54, 1.807) is 0 Å². The number of allylic oxidation sites excluding steroid dienone is 8. The molecular formula is C10H12Cr+2. The van der Waals surface area contributed by atoms with E-state index in [4.69, 9.17) is 0 Å². The molecule has 0 aromatic rings. The van der Waals surface area contributed by atoms with Crippen molar-refractivity contribution in [1.29, 1.82) is 0 Å². The first-order valence-electron chi connectivity index (χ1n) is 3.63. The zero-order chi connectivity index (χ0) is 7.07. The van der Waals surface area contributed by atoms with E-state index in [9.17, 15) is 0 Å². The zero-order valence-corrected chi connectivity index (χ0v) is 7.72. The van der Waals surface area contributed by atoms with Gasteiger partial charge in [-0.15, -0.1) is 0 Å². The van der Waals surface area contributed by atoms with Gasteiger partial charge in [-0.05, 0) is 12.8 Å². The first-order valence-corrected chi connectivity index (χ1v) is 3.63. The summed E-state index contributed by atoms with van der Waals surface area (Å²) in [5, 5.41) is 0. The minimum absolute atomic E-state index is 0. The van der Waals surface area contributed by atoms with Crippen LogP contribution >= 0.6 is 0 Å². The molecule has 0 bridgehead atoms. The summed E-state index contributed by atoms with van der Waals surface area (Å²) in [6.45, 7) is 0. The Morgan fingerprint density at radius 1 is 0.545 bits per heavy atom. The molecule has 0 heterocycles. The normalized spacial score (nSPS) is 16.0. The summed E-state index contributed by atoms with van der Waals surface area (Å²) in [7, 11) is 0. The Balaban J connectivity index is 0.000000167. The minimum atomic E-state index is 0. The third-order valence-corrected chi connectivity index (χ3v) is 1.31. The maximum atomic E-state index is 2.12. The topological polar surface area (TPSA) is 0 Å². The Labute approximate surface area is 79.1 Å². The van der Waals surface area contributed by atoms with Crippen molar-refractivity contribution in [2.75, 3.05) is 0 Å². The first kappa shape index (κ1) is 10.5. The van der Waals surface area contributed by atoms with Gasteiger partial charge in [-0.1, -0.05) is 48.6 Å². The monoisotopic (exact) mass is 184 g/mol. The van der Waals surface area contributed by atoms with Gasteiger partial charge < -0.3 is 0 Å². The third-order valence-electron chi connectivity index (χ3n) is 1.31. The van der Waals surface area contributed by atoms with Crippen LogP contribution in [0.25, 0.3) is 0 Å². The maximum Gasteiger partial charge on any atom is 2.00 e. The van der Waals surface area contributed by atoms with Gasteiger partial charge in [0.1, 0.15) is 0 Å². The van der Waals surface area contributed by atoms with Gasteiger partial charge in [0.15, 0.2) is 0 Å². The molecule has 0 aliphatic heterocycles. The molecule has 56 valence electrons. The largest absolute Gasteiger partial charge is 2.00 e. The van der Waals surface area contributed by atoms with Gasteiger partial charge in [0.2, 0.25) is 0 Å². The molecule has 2 aliphatic rings. The SMILES string of the molecule is C1=CCC=C1.C1=CCC=C1.[Cr+2]. The van der Waals surface area contributed by atoms with Crippen LogP contribution in [0, 0.1) is 0 Å². The van der Waals surface area contributed by atoms with Crippen LogP contribution in [0.2, 0.25) is 0 Å². The molecule has 0 aromatic carbocycles. The van der Waals surface area contributed by atoms with E-state index < -0.39 is 0 Å². The van der Waals surface area contributed by atoms with Crippen LogP contribution in [0.4, 0.5) is 0 Å². The van der Waals surface area contributed by atoms with Gasteiger partial charge in [0, 0.05) is 0 Å². The van der Waals surface area contributed by atoms with Crippen molar-refractivity contribution in [3.8, 4) is 0 Å². The molecule has 0 aromatic heterocycles. The zero-order valence-electron chi connectivity index (χ0n) is 6.44. The van der Waals surface area contributed by atoms with Crippen LogP contribution in [0.1, 0.15) is 12.8 Å². The van der Waals surface area contributed by atoms with E-state index in [2.05, 4.69) is 48.6 Å². The second-order valence-corrected chi connectivity index (χ2v) is 2.18. The number of rotatable bonds is 0. The van der Waals surface area contributed by atoms with E-state index in [1.165, 1.54) is 0 Å². The Morgan fingerprint density at radius 3 is 0.909 bits per heavy atom. The van der Waals surface area contributed by atoms with Crippen LogP contribution in [-0.2, 0) is 17.4 Å². The van der Waals surface area contributed by atoms with Crippen molar-refractivity contribution in [2.24, 2.45) is 0 Å². The molecule has 0 amide bonds. The smallest absolute Gasteiger partial charge is 0.0808 e. The van der Waals surface area contributed by atoms with Gasteiger partial charge in [0.25, 0.3) is 0 Å². The molecular weight excluding hydrogens is 172 g/mol. The van der Waals surface area contributed by atoms with E-state index in [0.29, 0.717) is 0 Å². The standard InChI is InChI=1S/2C5H6.Cr/c2*1-2-4-5-3-1;/h2*1-4H,5H2;/q;;+2. The van der Waals surface area contributed by atoms with Crippen molar-refractivity contribution in [3.05, 3.63) is 48.6 Å². The van der Waals surface area contributed by atoms with Crippen molar-refractivity contribution in [3.63, 3.8) is 0 Å². The van der Waals surface area contributed by atoms with Gasteiger partial charge in [0.05, 0.1) is 0 Å². The molecule has 2 aliphatic carbocycles. The van der Waals surface area contributed by atoms with Crippen molar-refractivity contribution in [1.82, 2.24) is 0 Å². The predicted octanol–water partition coefficient (Wildman–Crippen LogP) is 3.00. The van der Waals surface area contributed by atoms with Gasteiger partial charge in [-0.2, -0.15) is 0 Å². The quantitative estimate of drug-likeness (QED) is 0.543. The summed E-state index contributed by atoms with van der Waals surface area (Å²) in [4.78, 5) is 0. The van der Waals surface area contributed by atoms with Gasteiger partial charge >= 0.3 is 17.4 Å². The van der Waals surface area contributed by atoms with Crippen molar-refractivity contribution >= 4 is 0 Å². The molecule has 0 unspecified atom stereocenters. The summed E-state index contributed by atoms with van der Waals surface area (Å²) in [5.41, 5.74) is 0. The van der Waals surface area contributed by atoms with E-state index in [-0.39, 0.29) is 17.4 Å². The van der Waals surface area contributed by atoms with Crippen LogP contribution in [0.15, 0.2) is 48.6 Å². The van der Waals surface area contributed by atoms with Gasteiger partial charge in [-0.3, -0.25) is 0 Å². The summed E-state index contributed by atoms with van der Waals surface area (Å²) in [5.74, 6) is 0. The molecule has 0 radical (unpaired) electrons. The molecule has 11 heavy (non-hydrogen) atoms. The average molecular weight is 184 g/mol. The second-order valence-electron chi connectivity index (χ2n) is 2.18. The molecule has 0 N–H and O–H groups in total. The van der Waals surface area contributed by atoms with E-state index in [1.807, 2.05) is 0 Å². The maximum absolute atomic E-state index is 2.12. The van der Waals surface area contributed by atoms with Crippen molar-refractivity contribution < 1.29 is 17.4 Å². The Kier molecular flexibility index (Phi) is 7.25. The molecule has 0 saturated carbocycles. The summed E-state index contributed by atoms with van der Waals surface area (Å²) < 4.78 is 0. The Bertz CT molecular complexity index is 143. The molecule has 1 heteroatoms. The molecule has 2 rings (SSSR count). The third kappa shape index (κ3) is 5.91. The average Bonchev–Trinajstić information content (AvgIpc) is 2.67.